The Bertz CT molecular complexity index is 1170. The molecule has 2 aromatic heterocycles. The van der Waals surface area contributed by atoms with Crippen molar-refractivity contribution < 1.29 is 14.4 Å². The third-order valence-electron chi connectivity index (χ3n) is 5.94. The van der Waals surface area contributed by atoms with Crippen molar-refractivity contribution >= 4 is 11.6 Å². The van der Waals surface area contributed by atoms with Gasteiger partial charge in [0.1, 0.15) is 5.76 Å². The second-order valence-corrected chi connectivity index (χ2v) is 7.90. The number of piperidine rings is 1. The molecule has 5 rings (SSSR count). The summed E-state index contributed by atoms with van der Waals surface area (Å²) in [5, 5.41) is 20.0. The number of hydrogen-bond donors (Lipinski definition) is 1. The molecule has 2 atom stereocenters. The number of fused-ring (bicyclic) bond motifs is 4. The maximum atomic E-state index is 13.1. The molecular formula is C22H20N3O5-. The number of nitrogens with zero attached hydrogens (tertiary/aromatic N) is 3. The molecular weight excluding hydrogens is 386 g/mol. The molecule has 1 fully saturated rings. The third kappa shape index (κ3) is 3.20. The van der Waals surface area contributed by atoms with Crippen molar-refractivity contribution in [1.82, 2.24) is 9.47 Å². The molecule has 1 saturated heterocycles. The Hall–Kier alpha value is -3.36. The van der Waals surface area contributed by atoms with E-state index >= 15 is 0 Å². The van der Waals surface area contributed by atoms with Crippen LogP contribution in [-0.2, 0) is 6.54 Å². The number of hydrogen-bond acceptors (Lipinski definition) is 6. The Labute approximate surface area is 172 Å². The summed E-state index contributed by atoms with van der Waals surface area (Å²) in [5.74, 6) is 0.847. The van der Waals surface area contributed by atoms with Gasteiger partial charge in [0.15, 0.2) is 5.76 Å². The summed E-state index contributed by atoms with van der Waals surface area (Å²) in [6.45, 7) is 1.75. The normalized spacial score (nSPS) is 20.0. The highest BCUT2D eigenvalue weighted by atomic mass is 16.8. The average Bonchev–Trinajstić information content (AvgIpc) is 3.24. The molecule has 0 spiro atoms. The Kier molecular flexibility index (Phi) is 4.45. The predicted octanol–water partition coefficient (Wildman–Crippen LogP) is 3.06. The number of anilines is 1. The largest absolute Gasteiger partial charge is 0.733 e. The Morgan fingerprint density at radius 1 is 1.10 bits per heavy atom. The lowest BCUT2D eigenvalue weighted by Crippen LogP contribution is -2.49. The molecule has 0 saturated carbocycles. The van der Waals surface area contributed by atoms with Gasteiger partial charge in [-0.05, 0) is 42.7 Å². The van der Waals surface area contributed by atoms with Crippen LogP contribution in [-0.4, -0.2) is 33.7 Å². The Morgan fingerprint density at radius 2 is 1.93 bits per heavy atom. The highest BCUT2D eigenvalue weighted by Crippen LogP contribution is 2.36. The van der Waals surface area contributed by atoms with E-state index in [-0.39, 0.29) is 40.0 Å². The lowest BCUT2D eigenvalue weighted by atomic mass is 9.83. The topological polar surface area (TPSA) is 102 Å². The van der Waals surface area contributed by atoms with E-state index in [4.69, 9.17) is 9.62 Å². The van der Waals surface area contributed by atoms with E-state index in [9.17, 15) is 14.8 Å². The van der Waals surface area contributed by atoms with E-state index in [2.05, 4.69) is 0 Å². The second-order valence-electron chi connectivity index (χ2n) is 7.90. The summed E-state index contributed by atoms with van der Waals surface area (Å²) in [6.07, 6.45) is 0.969. The van der Waals surface area contributed by atoms with Crippen molar-refractivity contribution in [2.75, 3.05) is 18.3 Å². The summed E-state index contributed by atoms with van der Waals surface area (Å²) in [5.41, 5.74) is 1.67. The van der Waals surface area contributed by atoms with Crippen molar-refractivity contribution in [1.29, 1.82) is 0 Å². The van der Waals surface area contributed by atoms with Gasteiger partial charge in [0.05, 0.1) is 5.69 Å². The van der Waals surface area contributed by atoms with E-state index in [0.29, 0.717) is 31.0 Å². The number of carbonyl (C=O) groups excluding carboxylic acids is 1. The number of aromatic nitrogens is 1. The van der Waals surface area contributed by atoms with Crippen molar-refractivity contribution in [3.8, 4) is 11.3 Å². The van der Waals surface area contributed by atoms with Gasteiger partial charge in [-0.25, -0.2) is 0 Å². The molecule has 30 heavy (non-hydrogen) atoms. The van der Waals surface area contributed by atoms with Crippen LogP contribution in [0.1, 0.15) is 28.6 Å². The molecule has 0 aliphatic carbocycles. The molecule has 8 heteroatoms. The molecule has 1 aromatic carbocycles. The SMILES string of the molecule is O=C(c1ccc(-c2cccc(N([O-])O)c2)o1)N1CC2CC(C1)c1cccc(=O)n1C2. The van der Waals surface area contributed by atoms with E-state index in [1.54, 1.807) is 41.3 Å². The van der Waals surface area contributed by atoms with Crippen LogP contribution in [0.15, 0.2) is 63.8 Å². The molecule has 3 aromatic rings. The minimum Gasteiger partial charge on any atom is -0.733 e. The maximum absolute atomic E-state index is 13.1. The monoisotopic (exact) mass is 406 g/mol. The summed E-state index contributed by atoms with van der Waals surface area (Å²) >= 11 is 0. The molecule has 154 valence electrons. The number of pyridine rings is 1. The van der Waals surface area contributed by atoms with Crippen LogP contribution < -0.4 is 10.8 Å². The standard InChI is InChI=1S/C22H20N3O5/c26-21-6-2-5-18-16-9-14(12-24(18)21)11-23(13-16)22(27)20-8-7-19(30-20)15-3-1-4-17(10-15)25(28)29/h1-8,10,14,16,28H,9,11-13H2/q-1. The number of furan rings is 1. The van der Waals surface area contributed by atoms with Crippen LogP contribution in [0.4, 0.5) is 5.69 Å². The van der Waals surface area contributed by atoms with Gasteiger partial charge in [-0.15, -0.1) is 0 Å². The zero-order chi connectivity index (χ0) is 20.8. The lowest BCUT2D eigenvalue weighted by Gasteiger charge is -2.42. The fourth-order valence-corrected chi connectivity index (χ4v) is 4.60. The average molecular weight is 406 g/mol. The van der Waals surface area contributed by atoms with Crippen LogP contribution in [0.3, 0.4) is 0 Å². The first-order valence-electron chi connectivity index (χ1n) is 9.85. The first kappa shape index (κ1) is 18.7. The third-order valence-corrected chi connectivity index (χ3v) is 5.94. The fraction of sp³-hybridized carbons (Fsp3) is 0.273. The van der Waals surface area contributed by atoms with Gasteiger partial charge in [-0.1, -0.05) is 18.2 Å². The predicted molar refractivity (Wildman–Crippen MR) is 109 cm³/mol. The van der Waals surface area contributed by atoms with Crippen LogP contribution in [0.25, 0.3) is 11.3 Å². The smallest absolute Gasteiger partial charge is 0.289 e. The number of rotatable bonds is 3. The zero-order valence-electron chi connectivity index (χ0n) is 16.1. The lowest BCUT2D eigenvalue weighted by molar-refractivity contribution is 0.0564. The van der Waals surface area contributed by atoms with E-state index in [1.807, 2.05) is 10.6 Å². The van der Waals surface area contributed by atoms with Crippen LogP contribution in [0, 0.1) is 11.1 Å². The van der Waals surface area contributed by atoms with Gasteiger partial charge in [0.25, 0.3) is 11.5 Å². The first-order chi connectivity index (χ1) is 14.5. The number of likely N-dealkylation sites (tertiary alicyclic amines) is 1. The summed E-state index contributed by atoms with van der Waals surface area (Å²) < 4.78 is 7.61. The van der Waals surface area contributed by atoms with Crippen molar-refractivity contribution in [2.24, 2.45) is 5.92 Å². The fourth-order valence-electron chi connectivity index (χ4n) is 4.60. The highest BCUT2D eigenvalue weighted by molar-refractivity contribution is 5.92. The van der Waals surface area contributed by atoms with E-state index < -0.39 is 0 Å². The highest BCUT2D eigenvalue weighted by Gasteiger charge is 2.37. The van der Waals surface area contributed by atoms with Crippen LogP contribution in [0.2, 0.25) is 0 Å². The van der Waals surface area contributed by atoms with Crippen molar-refractivity contribution in [3.63, 3.8) is 0 Å². The molecule has 0 radical (unpaired) electrons. The van der Waals surface area contributed by atoms with Gasteiger partial charge in [0.2, 0.25) is 0 Å². The van der Waals surface area contributed by atoms with Crippen LogP contribution >= 0.6 is 0 Å². The molecule has 8 nitrogen and oxygen atoms in total. The van der Waals surface area contributed by atoms with Gasteiger partial charge in [-0.3, -0.25) is 14.8 Å². The Balaban J connectivity index is 1.38. The van der Waals surface area contributed by atoms with Crippen LogP contribution in [0.5, 0.6) is 0 Å². The van der Waals surface area contributed by atoms with Gasteiger partial charge < -0.3 is 24.3 Å². The molecule has 4 heterocycles. The minimum absolute atomic E-state index is 0.0133. The van der Waals surface area contributed by atoms with E-state index in [0.717, 1.165) is 12.1 Å². The van der Waals surface area contributed by atoms with Gasteiger partial charge in [-0.2, -0.15) is 0 Å². The minimum atomic E-state index is -0.214. The maximum Gasteiger partial charge on any atom is 0.289 e. The first-order valence-corrected chi connectivity index (χ1v) is 9.85. The molecule has 2 bridgehead atoms. The summed E-state index contributed by atoms with van der Waals surface area (Å²) in [4.78, 5) is 27.1. The Morgan fingerprint density at radius 3 is 2.77 bits per heavy atom. The molecule has 2 aliphatic rings. The molecule has 2 unspecified atom stereocenters. The molecule has 1 amide bonds. The number of amides is 1. The van der Waals surface area contributed by atoms with Gasteiger partial charge in [0, 0.05) is 42.9 Å². The molecule has 2 aliphatic heterocycles. The van der Waals surface area contributed by atoms with Gasteiger partial charge >= 0.3 is 0 Å². The number of carbonyl (C=O) groups is 1. The van der Waals surface area contributed by atoms with Crippen molar-refractivity contribution in [2.45, 2.75) is 18.9 Å². The summed E-state index contributed by atoms with van der Waals surface area (Å²) in [6, 6.07) is 14.9. The quantitative estimate of drug-likeness (QED) is 0.671. The second kappa shape index (κ2) is 7.16. The van der Waals surface area contributed by atoms with Crippen molar-refractivity contribution in [3.05, 3.63) is 81.6 Å². The zero-order valence-corrected chi connectivity index (χ0v) is 16.1. The van der Waals surface area contributed by atoms with E-state index in [1.165, 1.54) is 12.1 Å². The summed E-state index contributed by atoms with van der Waals surface area (Å²) in [7, 11) is 0. The molecule has 1 N–H and O–H groups in total. The number of benzene rings is 1.